The average molecular weight is 416 g/mol. The molecule has 0 aromatic heterocycles. The van der Waals surface area contributed by atoms with Crippen LogP contribution < -0.4 is 14.6 Å². The van der Waals surface area contributed by atoms with Gasteiger partial charge < -0.3 is 14.4 Å². The van der Waals surface area contributed by atoms with Gasteiger partial charge in [0.25, 0.3) is 0 Å². The van der Waals surface area contributed by atoms with Crippen molar-refractivity contribution >= 4 is 23.3 Å². The lowest BCUT2D eigenvalue weighted by Crippen LogP contribution is -2.21. The van der Waals surface area contributed by atoms with Crippen LogP contribution >= 0.6 is 0 Å². The Hall–Kier alpha value is -3.31. The van der Waals surface area contributed by atoms with Gasteiger partial charge in [-0.2, -0.15) is 5.10 Å². The Morgan fingerprint density at radius 3 is 2.10 bits per heavy atom. The zero-order chi connectivity index (χ0) is 21.5. The summed E-state index contributed by atoms with van der Waals surface area (Å²) >= 11 is 0. The summed E-state index contributed by atoms with van der Waals surface area (Å²) in [6, 6.07) is 26.7. The van der Waals surface area contributed by atoms with Crippen molar-refractivity contribution in [3.05, 3.63) is 84.4 Å². The van der Waals surface area contributed by atoms with Crippen LogP contribution in [0.15, 0.2) is 84.0 Å². The Bertz CT molecular complexity index is 964. The number of ether oxygens (including phenoxy) is 2. The van der Waals surface area contributed by atoms with Gasteiger partial charge >= 0.3 is 0 Å². The molecule has 0 spiro atoms. The van der Waals surface area contributed by atoms with Crippen LogP contribution in [-0.4, -0.2) is 38.6 Å². The van der Waals surface area contributed by atoms with E-state index in [1.54, 1.807) is 0 Å². The number of benzene rings is 3. The predicted molar refractivity (Wildman–Crippen MR) is 128 cm³/mol. The molecule has 0 amide bonds. The lowest BCUT2D eigenvalue weighted by molar-refractivity contribution is 0.263. The molecule has 0 bridgehead atoms. The van der Waals surface area contributed by atoms with Gasteiger partial charge in [-0.1, -0.05) is 30.3 Å². The second-order valence-corrected chi connectivity index (χ2v) is 7.42. The molecule has 4 rings (SSSR count). The molecule has 3 aromatic rings. The average Bonchev–Trinajstić information content (AvgIpc) is 3.66. The fourth-order valence-electron chi connectivity index (χ4n) is 3.37. The summed E-state index contributed by atoms with van der Waals surface area (Å²) in [4.78, 5) is 2.33. The van der Waals surface area contributed by atoms with Crippen molar-refractivity contribution in [3.63, 3.8) is 0 Å². The summed E-state index contributed by atoms with van der Waals surface area (Å²) < 4.78 is 11.0. The van der Waals surface area contributed by atoms with Crippen LogP contribution in [0.4, 0.5) is 17.1 Å². The van der Waals surface area contributed by atoms with Gasteiger partial charge in [-0.05, 0) is 67.9 Å². The van der Waals surface area contributed by atoms with Gasteiger partial charge in [-0.25, -0.2) is 5.01 Å². The molecule has 1 saturated heterocycles. The third-order valence-electron chi connectivity index (χ3n) is 5.26. The molecule has 3 aromatic carbocycles. The highest BCUT2D eigenvalue weighted by molar-refractivity contribution is 5.82. The van der Waals surface area contributed by atoms with E-state index >= 15 is 0 Å². The SMILES string of the molecule is CCN(CC)c1ccc(C=NN(c2ccccc2)c2ccc(OCC3CO3)cc2)cc1. The molecule has 5 nitrogen and oxygen atoms in total. The molecule has 1 heterocycles. The molecular weight excluding hydrogens is 386 g/mol. The molecule has 1 atom stereocenters. The predicted octanol–water partition coefficient (Wildman–Crippen LogP) is 5.48. The van der Waals surface area contributed by atoms with Gasteiger partial charge in [0.15, 0.2) is 0 Å². The Kier molecular flexibility index (Phi) is 6.85. The van der Waals surface area contributed by atoms with Crippen LogP contribution in [0, 0.1) is 0 Å². The second-order valence-electron chi connectivity index (χ2n) is 7.42. The van der Waals surface area contributed by atoms with E-state index in [-0.39, 0.29) is 6.10 Å². The third-order valence-corrected chi connectivity index (χ3v) is 5.26. The molecule has 0 radical (unpaired) electrons. The molecule has 160 valence electrons. The van der Waals surface area contributed by atoms with Crippen molar-refractivity contribution in [1.82, 2.24) is 0 Å². The molecule has 1 aliphatic heterocycles. The number of rotatable bonds is 10. The standard InChI is InChI=1S/C26H29N3O2/c1-3-28(4-2)22-12-10-21(11-13-22)18-27-29(23-8-6-5-7-9-23)24-14-16-25(17-15-24)30-19-26-20-31-26/h5-18,26H,3-4,19-20H2,1-2H3. The summed E-state index contributed by atoms with van der Waals surface area (Å²) in [6.45, 7) is 7.74. The van der Waals surface area contributed by atoms with Crippen molar-refractivity contribution in [3.8, 4) is 5.75 Å². The summed E-state index contributed by atoms with van der Waals surface area (Å²) in [5.41, 5.74) is 4.26. The number of epoxide rings is 1. The zero-order valence-electron chi connectivity index (χ0n) is 18.1. The number of hydrazone groups is 1. The molecule has 1 fully saturated rings. The van der Waals surface area contributed by atoms with Gasteiger partial charge in [0.1, 0.15) is 18.5 Å². The van der Waals surface area contributed by atoms with Gasteiger partial charge in [-0.3, -0.25) is 0 Å². The quantitative estimate of drug-likeness (QED) is 0.250. The highest BCUT2D eigenvalue weighted by Gasteiger charge is 2.23. The van der Waals surface area contributed by atoms with Crippen molar-refractivity contribution in [1.29, 1.82) is 0 Å². The van der Waals surface area contributed by atoms with Crippen LogP contribution in [-0.2, 0) is 4.74 Å². The zero-order valence-corrected chi connectivity index (χ0v) is 18.1. The van der Waals surface area contributed by atoms with E-state index in [1.165, 1.54) is 5.69 Å². The third kappa shape index (κ3) is 5.64. The van der Waals surface area contributed by atoms with Crippen molar-refractivity contribution in [2.75, 3.05) is 36.2 Å². The molecule has 0 N–H and O–H groups in total. The van der Waals surface area contributed by atoms with Gasteiger partial charge in [0, 0.05) is 18.8 Å². The van der Waals surface area contributed by atoms with Crippen LogP contribution in [0.2, 0.25) is 0 Å². The number of para-hydroxylation sites is 1. The molecule has 31 heavy (non-hydrogen) atoms. The Morgan fingerprint density at radius 2 is 1.48 bits per heavy atom. The summed E-state index contributed by atoms with van der Waals surface area (Å²) in [7, 11) is 0. The minimum atomic E-state index is 0.248. The highest BCUT2D eigenvalue weighted by atomic mass is 16.6. The molecule has 1 unspecified atom stereocenters. The van der Waals surface area contributed by atoms with Crippen molar-refractivity contribution < 1.29 is 9.47 Å². The fourth-order valence-corrected chi connectivity index (χ4v) is 3.37. The largest absolute Gasteiger partial charge is 0.491 e. The molecule has 0 saturated carbocycles. The lowest BCUT2D eigenvalue weighted by Gasteiger charge is -2.21. The van der Waals surface area contributed by atoms with E-state index < -0.39 is 0 Å². The Balaban J connectivity index is 1.52. The van der Waals surface area contributed by atoms with E-state index in [2.05, 4.69) is 55.1 Å². The van der Waals surface area contributed by atoms with E-state index in [0.717, 1.165) is 42.4 Å². The maximum atomic E-state index is 5.76. The summed E-state index contributed by atoms with van der Waals surface area (Å²) in [5, 5.41) is 6.73. The van der Waals surface area contributed by atoms with E-state index in [9.17, 15) is 0 Å². The number of hydrogen-bond acceptors (Lipinski definition) is 5. The minimum Gasteiger partial charge on any atom is -0.491 e. The first-order valence-corrected chi connectivity index (χ1v) is 10.9. The monoisotopic (exact) mass is 415 g/mol. The van der Waals surface area contributed by atoms with Crippen molar-refractivity contribution in [2.24, 2.45) is 5.10 Å². The van der Waals surface area contributed by atoms with Crippen LogP contribution in [0.5, 0.6) is 5.75 Å². The fraction of sp³-hybridized carbons (Fsp3) is 0.269. The van der Waals surface area contributed by atoms with Crippen LogP contribution in [0.25, 0.3) is 0 Å². The normalized spacial score (nSPS) is 15.1. The minimum absolute atomic E-state index is 0.248. The molecule has 1 aliphatic rings. The van der Waals surface area contributed by atoms with Crippen LogP contribution in [0.3, 0.4) is 0 Å². The van der Waals surface area contributed by atoms with Crippen LogP contribution in [0.1, 0.15) is 19.4 Å². The first-order chi connectivity index (χ1) is 15.3. The first kappa shape index (κ1) is 20.9. The molecule has 0 aliphatic carbocycles. The maximum Gasteiger partial charge on any atom is 0.119 e. The molecule has 5 heteroatoms. The number of hydrogen-bond donors (Lipinski definition) is 0. The lowest BCUT2D eigenvalue weighted by atomic mass is 10.2. The summed E-state index contributed by atoms with van der Waals surface area (Å²) in [5.74, 6) is 0.836. The van der Waals surface area contributed by atoms with Gasteiger partial charge in [-0.15, -0.1) is 0 Å². The topological polar surface area (TPSA) is 40.6 Å². The Labute approximate surface area is 184 Å². The van der Waals surface area contributed by atoms with E-state index in [0.29, 0.717) is 6.61 Å². The number of nitrogens with zero attached hydrogens (tertiary/aromatic N) is 3. The smallest absolute Gasteiger partial charge is 0.119 e. The van der Waals surface area contributed by atoms with E-state index in [4.69, 9.17) is 14.6 Å². The Morgan fingerprint density at radius 1 is 0.871 bits per heavy atom. The van der Waals surface area contributed by atoms with Gasteiger partial charge in [0.2, 0.25) is 0 Å². The maximum absolute atomic E-state index is 5.76. The van der Waals surface area contributed by atoms with Crippen molar-refractivity contribution in [2.45, 2.75) is 20.0 Å². The highest BCUT2D eigenvalue weighted by Crippen LogP contribution is 2.28. The van der Waals surface area contributed by atoms with E-state index in [1.807, 2.05) is 53.7 Å². The second kappa shape index (κ2) is 10.1. The molecular formula is C26H29N3O2. The first-order valence-electron chi connectivity index (χ1n) is 10.9. The number of anilines is 3. The van der Waals surface area contributed by atoms with Gasteiger partial charge in [0.05, 0.1) is 24.2 Å². The summed E-state index contributed by atoms with van der Waals surface area (Å²) in [6.07, 6.45) is 2.15.